The van der Waals surface area contributed by atoms with Crippen LogP contribution < -0.4 is 0 Å². The van der Waals surface area contributed by atoms with E-state index in [0.29, 0.717) is 5.92 Å². The molecule has 0 aromatic heterocycles. The summed E-state index contributed by atoms with van der Waals surface area (Å²) in [5.74, 6) is 0.709. The van der Waals surface area contributed by atoms with Crippen LogP contribution >= 0.6 is 0 Å². The van der Waals surface area contributed by atoms with Crippen LogP contribution in [-0.4, -0.2) is 11.4 Å². The predicted octanol–water partition coefficient (Wildman–Crippen LogP) is 2.19. The Labute approximate surface area is 61.2 Å². The van der Waals surface area contributed by atoms with Gasteiger partial charge in [0.15, 0.2) is 0 Å². The van der Waals surface area contributed by atoms with Crippen molar-refractivity contribution in [2.45, 2.75) is 25.7 Å². The zero-order chi connectivity index (χ0) is 7.23. The van der Waals surface area contributed by atoms with Crippen LogP contribution in [0.2, 0.25) is 0 Å². The molecule has 0 aromatic carbocycles. The Balaban J connectivity index is 2.22. The fourth-order valence-electron chi connectivity index (χ4n) is 1.27. The number of rotatable bonds is 2. The molecule has 0 bridgehead atoms. The normalized spacial score (nSPS) is 25.8. The van der Waals surface area contributed by atoms with Crippen molar-refractivity contribution in [3.05, 3.63) is 12.2 Å². The summed E-state index contributed by atoms with van der Waals surface area (Å²) in [5, 5.41) is 11.1. The predicted molar refractivity (Wildman–Crippen MR) is 41.4 cm³/mol. The van der Waals surface area contributed by atoms with Crippen LogP contribution in [0.1, 0.15) is 25.7 Å². The van der Waals surface area contributed by atoms with Gasteiger partial charge in [0.25, 0.3) is 0 Å². The standard InChI is InChI=1S/C8H13NO/c10-9-7-6-8-4-2-1-3-5-8/h1-2,7-8,10H,3-6H2/b9-7-. The summed E-state index contributed by atoms with van der Waals surface area (Å²) in [5.41, 5.74) is 0. The van der Waals surface area contributed by atoms with Gasteiger partial charge in [0, 0.05) is 6.21 Å². The summed E-state index contributed by atoms with van der Waals surface area (Å²) < 4.78 is 0. The lowest BCUT2D eigenvalue weighted by Gasteiger charge is -2.13. The third kappa shape index (κ3) is 2.21. The SMILES string of the molecule is O/N=C\CC1CC=CCC1. The Morgan fingerprint density at radius 3 is 3.10 bits per heavy atom. The number of hydrogen-bond donors (Lipinski definition) is 1. The fraction of sp³-hybridized carbons (Fsp3) is 0.625. The minimum absolute atomic E-state index is 0.709. The van der Waals surface area contributed by atoms with Gasteiger partial charge >= 0.3 is 0 Å². The summed E-state index contributed by atoms with van der Waals surface area (Å²) in [4.78, 5) is 0. The fourth-order valence-corrected chi connectivity index (χ4v) is 1.27. The first-order chi connectivity index (χ1) is 4.93. The van der Waals surface area contributed by atoms with E-state index in [9.17, 15) is 0 Å². The van der Waals surface area contributed by atoms with Gasteiger partial charge in [-0.1, -0.05) is 12.2 Å². The van der Waals surface area contributed by atoms with E-state index in [4.69, 9.17) is 5.21 Å². The highest BCUT2D eigenvalue weighted by atomic mass is 16.4. The molecular weight excluding hydrogens is 126 g/mol. The Morgan fingerprint density at radius 2 is 2.50 bits per heavy atom. The molecule has 0 aromatic rings. The largest absolute Gasteiger partial charge is 0.411 e. The van der Waals surface area contributed by atoms with Crippen LogP contribution in [0.15, 0.2) is 17.3 Å². The second-order valence-electron chi connectivity index (χ2n) is 2.68. The highest BCUT2D eigenvalue weighted by Gasteiger charge is 2.07. The van der Waals surface area contributed by atoms with Crippen molar-refractivity contribution in [2.24, 2.45) is 11.1 Å². The van der Waals surface area contributed by atoms with Gasteiger partial charge in [-0.3, -0.25) is 0 Å². The smallest absolute Gasteiger partial charge is 0.0438 e. The average Bonchev–Trinajstić information content (AvgIpc) is 2.03. The summed E-state index contributed by atoms with van der Waals surface area (Å²) in [6.45, 7) is 0. The third-order valence-electron chi connectivity index (χ3n) is 1.90. The molecule has 0 saturated heterocycles. The minimum atomic E-state index is 0.709. The zero-order valence-corrected chi connectivity index (χ0v) is 6.03. The second-order valence-corrected chi connectivity index (χ2v) is 2.68. The highest BCUT2D eigenvalue weighted by molar-refractivity contribution is 5.56. The molecule has 1 unspecified atom stereocenters. The highest BCUT2D eigenvalue weighted by Crippen LogP contribution is 2.19. The van der Waals surface area contributed by atoms with Gasteiger partial charge in [-0.15, -0.1) is 5.16 Å². The first kappa shape index (κ1) is 7.32. The summed E-state index contributed by atoms with van der Waals surface area (Å²) in [7, 11) is 0. The van der Waals surface area contributed by atoms with Gasteiger partial charge in [0.2, 0.25) is 0 Å². The minimum Gasteiger partial charge on any atom is -0.411 e. The van der Waals surface area contributed by atoms with Crippen LogP contribution in [0, 0.1) is 5.92 Å². The Bertz CT molecular complexity index is 140. The molecule has 0 radical (unpaired) electrons. The lowest BCUT2D eigenvalue weighted by atomic mass is 9.92. The van der Waals surface area contributed by atoms with Crippen molar-refractivity contribution in [1.82, 2.24) is 0 Å². The molecule has 2 nitrogen and oxygen atoms in total. The molecule has 1 rings (SSSR count). The molecule has 1 aliphatic carbocycles. The monoisotopic (exact) mass is 139 g/mol. The maximum Gasteiger partial charge on any atom is 0.0438 e. The van der Waals surface area contributed by atoms with Crippen molar-refractivity contribution in [1.29, 1.82) is 0 Å². The second kappa shape index (κ2) is 4.09. The molecule has 10 heavy (non-hydrogen) atoms. The molecule has 56 valence electrons. The van der Waals surface area contributed by atoms with E-state index >= 15 is 0 Å². The molecule has 1 aliphatic rings. The van der Waals surface area contributed by atoms with E-state index in [2.05, 4.69) is 17.3 Å². The quantitative estimate of drug-likeness (QED) is 0.270. The van der Waals surface area contributed by atoms with Crippen molar-refractivity contribution < 1.29 is 5.21 Å². The number of hydrogen-bond acceptors (Lipinski definition) is 2. The van der Waals surface area contributed by atoms with Gasteiger partial charge in [0.05, 0.1) is 0 Å². The summed E-state index contributed by atoms with van der Waals surface area (Å²) in [6.07, 6.45) is 10.5. The Kier molecular flexibility index (Phi) is 3.00. The molecule has 2 heteroatoms. The first-order valence-corrected chi connectivity index (χ1v) is 3.74. The van der Waals surface area contributed by atoms with E-state index < -0.39 is 0 Å². The third-order valence-corrected chi connectivity index (χ3v) is 1.90. The molecule has 0 aliphatic heterocycles. The number of oxime groups is 1. The van der Waals surface area contributed by atoms with E-state index in [0.717, 1.165) is 12.8 Å². The Morgan fingerprint density at radius 1 is 1.60 bits per heavy atom. The lowest BCUT2D eigenvalue weighted by Crippen LogP contribution is -2.02. The van der Waals surface area contributed by atoms with E-state index in [1.165, 1.54) is 12.8 Å². The summed E-state index contributed by atoms with van der Waals surface area (Å²) in [6, 6.07) is 0. The molecule has 0 spiro atoms. The van der Waals surface area contributed by atoms with Gasteiger partial charge in [0.1, 0.15) is 0 Å². The van der Waals surface area contributed by atoms with Crippen molar-refractivity contribution in [2.75, 3.05) is 0 Å². The maximum atomic E-state index is 8.15. The molecule has 1 N–H and O–H groups in total. The summed E-state index contributed by atoms with van der Waals surface area (Å²) >= 11 is 0. The van der Waals surface area contributed by atoms with E-state index in [1.54, 1.807) is 6.21 Å². The Hall–Kier alpha value is -0.790. The molecule has 1 atom stereocenters. The molecule has 0 amide bonds. The molecule has 0 saturated carbocycles. The first-order valence-electron chi connectivity index (χ1n) is 3.74. The van der Waals surface area contributed by atoms with Gasteiger partial charge in [-0.2, -0.15) is 0 Å². The molecule has 0 heterocycles. The van der Waals surface area contributed by atoms with Crippen molar-refractivity contribution >= 4 is 6.21 Å². The maximum absolute atomic E-state index is 8.15. The van der Waals surface area contributed by atoms with Crippen LogP contribution in [0.4, 0.5) is 0 Å². The number of allylic oxidation sites excluding steroid dienone is 2. The number of nitrogens with zero attached hydrogens (tertiary/aromatic N) is 1. The van der Waals surface area contributed by atoms with Gasteiger partial charge < -0.3 is 5.21 Å². The zero-order valence-electron chi connectivity index (χ0n) is 6.03. The van der Waals surface area contributed by atoms with E-state index in [1.807, 2.05) is 0 Å². The van der Waals surface area contributed by atoms with Crippen LogP contribution in [0.25, 0.3) is 0 Å². The van der Waals surface area contributed by atoms with Crippen molar-refractivity contribution in [3.8, 4) is 0 Å². The van der Waals surface area contributed by atoms with Gasteiger partial charge in [-0.05, 0) is 31.6 Å². The lowest BCUT2D eigenvalue weighted by molar-refractivity contribution is 0.318. The average molecular weight is 139 g/mol. The molecule has 0 fully saturated rings. The van der Waals surface area contributed by atoms with Crippen LogP contribution in [-0.2, 0) is 0 Å². The van der Waals surface area contributed by atoms with E-state index in [-0.39, 0.29) is 0 Å². The van der Waals surface area contributed by atoms with Crippen LogP contribution in [0.3, 0.4) is 0 Å². The van der Waals surface area contributed by atoms with Crippen LogP contribution in [0.5, 0.6) is 0 Å². The van der Waals surface area contributed by atoms with Crippen molar-refractivity contribution in [3.63, 3.8) is 0 Å². The van der Waals surface area contributed by atoms with Gasteiger partial charge in [-0.25, -0.2) is 0 Å². The molecular formula is C8H13NO. The topological polar surface area (TPSA) is 32.6 Å².